The molecule has 7 heteroatoms. The van der Waals surface area contributed by atoms with Crippen molar-refractivity contribution in [3.8, 4) is 0 Å². The summed E-state index contributed by atoms with van der Waals surface area (Å²) in [5.74, 6) is 0. The van der Waals surface area contributed by atoms with E-state index >= 15 is 0 Å². The lowest BCUT2D eigenvalue weighted by Gasteiger charge is -2.08. The molecule has 7 nitrogen and oxygen atoms in total. The highest BCUT2D eigenvalue weighted by Crippen LogP contribution is 2.20. The highest BCUT2D eigenvalue weighted by atomic mass is 16.7. The van der Waals surface area contributed by atoms with Gasteiger partial charge in [-0.1, -0.05) is 0 Å². The van der Waals surface area contributed by atoms with E-state index in [4.69, 9.17) is 15.3 Å². The van der Waals surface area contributed by atoms with Gasteiger partial charge in [0.15, 0.2) is 6.10 Å². The summed E-state index contributed by atoms with van der Waals surface area (Å²) in [5, 5.41) is 36.7. The van der Waals surface area contributed by atoms with Crippen molar-refractivity contribution >= 4 is 0 Å². The zero-order valence-corrected chi connectivity index (χ0v) is 6.03. The summed E-state index contributed by atoms with van der Waals surface area (Å²) < 4.78 is 4.55. The zero-order valence-electron chi connectivity index (χ0n) is 6.03. The third-order valence-corrected chi connectivity index (χ3v) is 1.72. The molecule has 0 unspecified atom stereocenters. The maximum absolute atomic E-state index is 10.1. The van der Waals surface area contributed by atoms with Crippen molar-refractivity contribution in [3.63, 3.8) is 0 Å². The van der Waals surface area contributed by atoms with Crippen LogP contribution in [-0.4, -0.2) is 51.4 Å². The van der Waals surface area contributed by atoms with Gasteiger partial charge in [0.2, 0.25) is 0 Å². The quantitative estimate of drug-likeness (QED) is 0.324. The first kappa shape index (κ1) is 9.33. The van der Waals surface area contributed by atoms with E-state index < -0.39 is 36.1 Å². The van der Waals surface area contributed by atoms with E-state index in [1.54, 1.807) is 0 Å². The van der Waals surface area contributed by atoms with Crippen LogP contribution in [0.1, 0.15) is 0 Å². The fourth-order valence-corrected chi connectivity index (χ4v) is 1.05. The second kappa shape index (κ2) is 3.31. The third-order valence-electron chi connectivity index (χ3n) is 1.72. The highest BCUT2D eigenvalue weighted by molar-refractivity contribution is 4.85. The number of ether oxygens (including phenoxy) is 1. The van der Waals surface area contributed by atoms with Crippen molar-refractivity contribution < 1.29 is 25.0 Å². The Morgan fingerprint density at radius 3 is 2.25 bits per heavy atom. The van der Waals surface area contributed by atoms with Crippen LogP contribution in [0.25, 0.3) is 0 Å². The molecule has 0 aromatic heterocycles. The third kappa shape index (κ3) is 1.39. The van der Waals surface area contributed by atoms with Crippen LogP contribution in [0.4, 0.5) is 0 Å². The van der Waals surface area contributed by atoms with Gasteiger partial charge in [-0.05, 0) is 0 Å². The molecule has 1 aliphatic rings. The van der Waals surface area contributed by atoms with Crippen molar-refractivity contribution in [2.75, 3.05) is 6.61 Å². The molecule has 0 saturated carbocycles. The smallest absolute Gasteiger partial charge is 0.344 e. The first-order chi connectivity index (χ1) is 5.57. The molecule has 70 valence electrons. The van der Waals surface area contributed by atoms with Gasteiger partial charge in [-0.3, -0.25) is 10.1 Å². The van der Waals surface area contributed by atoms with E-state index in [0.29, 0.717) is 0 Å². The molecule has 1 heterocycles. The molecule has 0 aromatic carbocycles. The van der Waals surface area contributed by atoms with Crippen molar-refractivity contribution in [1.29, 1.82) is 0 Å². The Hall–Kier alpha value is -0.760. The molecule has 0 bridgehead atoms. The SMILES string of the molecule is O=[N+]([O-])[C@@H]1O[C@H](CO)[C@@H](O)[C@H]1O. The van der Waals surface area contributed by atoms with Gasteiger partial charge >= 0.3 is 6.23 Å². The van der Waals surface area contributed by atoms with Gasteiger partial charge in [0.25, 0.3) is 0 Å². The summed E-state index contributed by atoms with van der Waals surface area (Å²) in [5.41, 5.74) is 0. The number of hydrogen-bond donors (Lipinski definition) is 3. The lowest BCUT2D eigenvalue weighted by atomic mass is 10.1. The predicted molar refractivity (Wildman–Crippen MR) is 34.8 cm³/mol. The van der Waals surface area contributed by atoms with Gasteiger partial charge in [0.05, 0.1) is 11.5 Å². The van der Waals surface area contributed by atoms with Crippen LogP contribution in [0, 0.1) is 10.1 Å². The Labute approximate surface area is 67.3 Å². The molecule has 0 aliphatic carbocycles. The summed E-state index contributed by atoms with van der Waals surface area (Å²) in [6.07, 6.45) is -5.69. The second-order valence-corrected chi connectivity index (χ2v) is 2.51. The van der Waals surface area contributed by atoms with Crippen molar-refractivity contribution in [1.82, 2.24) is 0 Å². The molecule has 12 heavy (non-hydrogen) atoms. The number of rotatable bonds is 2. The molecule has 1 fully saturated rings. The molecule has 0 aromatic rings. The number of nitro groups is 1. The van der Waals surface area contributed by atoms with Gasteiger partial charge in [0, 0.05) is 0 Å². The first-order valence-electron chi connectivity index (χ1n) is 3.34. The van der Waals surface area contributed by atoms with Gasteiger partial charge < -0.3 is 20.1 Å². The average Bonchev–Trinajstić information content (AvgIpc) is 2.30. The van der Waals surface area contributed by atoms with Gasteiger partial charge in [-0.25, -0.2) is 0 Å². The lowest BCUT2D eigenvalue weighted by Crippen LogP contribution is -2.36. The molecule has 0 spiro atoms. The van der Waals surface area contributed by atoms with Crippen LogP contribution < -0.4 is 0 Å². The first-order valence-corrected chi connectivity index (χ1v) is 3.34. The number of aliphatic hydroxyl groups is 3. The molecular formula is C5H9NO6. The van der Waals surface area contributed by atoms with Crippen molar-refractivity contribution in [3.05, 3.63) is 10.1 Å². The van der Waals surface area contributed by atoms with Gasteiger partial charge in [0.1, 0.15) is 12.2 Å². The van der Waals surface area contributed by atoms with Crippen LogP contribution in [-0.2, 0) is 4.74 Å². The number of hydrogen-bond acceptors (Lipinski definition) is 6. The van der Waals surface area contributed by atoms with Gasteiger partial charge in [-0.2, -0.15) is 0 Å². The minimum atomic E-state index is -1.64. The normalized spacial score (nSPS) is 41.6. The van der Waals surface area contributed by atoms with Crippen LogP contribution >= 0.6 is 0 Å². The predicted octanol–water partition coefficient (Wildman–Crippen LogP) is -2.30. The van der Waals surface area contributed by atoms with E-state index in [2.05, 4.69) is 4.74 Å². The molecular weight excluding hydrogens is 170 g/mol. The molecule has 1 rings (SSSR count). The zero-order chi connectivity index (χ0) is 9.30. The fraction of sp³-hybridized carbons (Fsp3) is 1.00. The van der Waals surface area contributed by atoms with Crippen molar-refractivity contribution in [2.24, 2.45) is 0 Å². The molecule has 1 aliphatic heterocycles. The van der Waals surface area contributed by atoms with Crippen LogP contribution in [0.2, 0.25) is 0 Å². The van der Waals surface area contributed by atoms with Crippen molar-refractivity contribution in [2.45, 2.75) is 24.5 Å². The molecule has 4 atom stereocenters. The van der Waals surface area contributed by atoms with Crippen LogP contribution in [0.15, 0.2) is 0 Å². The topological polar surface area (TPSA) is 113 Å². The summed E-state index contributed by atoms with van der Waals surface area (Å²) in [6.45, 7) is -0.553. The van der Waals surface area contributed by atoms with Gasteiger partial charge in [-0.15, -0.1) is 0 Å². The van der Waals surface area contributed by atoms with Crippen LogP contribution in [0.3, 0.4) is 0 Å². The fourth-order valence-electron chi connectivity index (χ4n) is 1.05. The van der Waals surface area contributed by atoms with E-state index in [9.17, 15) is 10.1 Å². The second-order valence-electron chi connectivity index (χ2n) is 2.51. The Balaban J connectivity index is 2.66. The monoisotopic (exact) mass is 179 g/mol. The summed E-state index contributed by atoms with van der Waals surface area (Å²) >= 11 is 0. The van der Waals surface area contributed by atoms with E-state index in [-0.39, 0.29) is 0 Å². The maximum Gasteiger partial charge on any atom is 0.344 e. The Morgan fingerprint density at radius 1 is 1.42 bits per heavy atom. The lowest BCUT2D eigenvalue weighted by molar-refractivity contribution is -0.581. The minimum absolute atomic E-state index is 0.553. The van der Waals surface area contributed by atoms with Crippen LogP contribution in [0.5, 0.6) is 0 Å². The molecule has 0 amide bonds. The number of nitrogens with zero attached hydrogens (tertiary/aromatic N) is 1. The summed E-state index contributed by atoms with van der Waals surface area (Å²) in [7, 11) is 0. The Morgan fingerprint density at radius 2 is 2.00 bits per heavy atom. The summed E-state index contributed by atoms with van der Waals surface area (Å²) in [4.78, 5) is 9.30. The highest BCUT2D eigenvalue weighted by Gasteiger charge is 2.49. The minimum Gasteiger partial charge on any atom is -0.394 e. The van der Waals surface area contributed by atoms with E-state index in [1.165, 1.54) is 0 Å². The summed E-state index contributed by atoms with van der Waals surface area (Å²) in [6, 6.07) is 0. The molecule has 1 saturated heterocycles. The average molecular weight is 179 g/mol. The standard InChI is InChI=1S/C5H9NO6/c7-1-2-3(8)4(9)5(12-2)6(10)11/h2-5,7-9H,1H2/t2-,3-,4-,5-/m1/s1. The Kier molecular flexibility index (Phi) is 2.58. The largest absolute Gasteiger partial charge is 0.394 e. The number of aliphatic hydroxyl groups excluding tert-OH is 3. The van der Waals surface area contributed by atoms with E-state index in [0.717, 1.165) is 0 Å². The Bertz CT molecular complexity index is 185. The maximum atomic E-state index is 10.1. The molecule has 0 radical (unpaired) electrons. The van der Waals surface area contributed by atoms with E-state index in [1.807, 2.05) is 0 Å². The molecule has 3 N–H and O–H groups in total.